The maximum absolute atomic E-state index is 12.6. The Bertz CT molecular complexity index is 933. The van der Waals surface area contributed by atoms with Gasteiger partial charge in [-0.25, -0.2) is 14.4 Å². The minimum Gasteiger partial charge on any atom is -0.431 e. The van der Waals surface area contributed by atoms with Gasteiger partial charge in [0.15, 0.2) is 0 Å². The van der Waals surface area contributed by atoms with Crippen molar-refractivity contribution in [3.63, 3.8) is 0 Å². The van der Waals surface area contributed by atoms with Gasteiger partial charge in [0.05, 0.1) is 23.3 Å². The summed E-state index contributed by atoms with van der Waals surface area (Å²) in [6.45, 7) is 7.49. The minimum absolute atomic E-state index is 0.106. The molecule has 0 radical (unpaired) electrons. The molecule has 0 saturated heterocycles. The Morgan fingerprint density at radius 3 is 2.55 bits per heavy atom. The first-order valence-electron chi connectivity index (χ1n) is 9.38. The van der Waals surface area contributed by atoms with Crippen LogP contribution in [0, 0.1) is 0 Å². The molecule has 3 rings (SSSR count). The van der Waals surface area contributed by atoms with Crippen LogP contribution >= 0.6 is 11.6 Å². The summed E-state index contributed by atoms with van der Waals surface area (Å²) in [6.07, 6.45) is -0.592. The molecule has 29 heavy (non-hydrogen) atoms. The van der Waals surface area contributed by atoms with E-state index in [1.54, 1.807) is 49.9 Å². The molecule has 1 aromatic carbocycles. The first-order chi connectivity index (χ1) is 13.8. The van der Waals surface area contributed by atoms with E-state index in [-0.39, 0.29) is 23.1 Å². The molecule has 154 valence electrons. The molecular formula is C21H22ClNO6. The summed E-state index contributed by atoms with van der Waals surface area (Å²) in [4.78, 5) is 39.0. The lowest BCUT2D eigenvalue weighted by molar-refractivity contribution is -0.151. The predicted molar refractivity (Wildman–Crippen MR) is 105 cm³/mol. The lowest BCUT2D eigenvalue weighted by Gasteiger charge is -2.34. The Kier molecular flexibility index (Phi) is 5.98. The van der Waals surface area contributed by atoms with Gasteiger partial charge in [-0.15, -0.1) is 0 Å². The van der Waals surface area contributed by atoms with Gasteiger partial charge in [-0.2, -0.15) is 0 Å². The summed E-state index contributed by atoms with van der Waals surface area (Å²) in [5.74, 6) is -2.19. The number of halogens is 1. The fourth-order valence-electron chi connectivity index (χ4n) is 3.49. The van der Waals surface area contributed by atoms with Crippen molar-refractivity contribution in [1.29, 1.82) is 0 Å². The molecule has 0 aromatic heterocycles. The predicted octanol–water partition coefficient (Wildman–Crippen LogP) is 4.28. The molecule has 2 aliphatic heterocycles. The molecule has 2 heterocycles. The van der Waals surface area contributed by atoms with Crippen LogP contribution in [0.15, 0.2) is 47.0 Å². The number of allylic oxidation sites excluding steroid dienone is 2. The lowest BCUT2D eigenvalue weighted by atomic mass is 9.84. The third-order valence-electron chi connectivity index (χ3n) is 4.62. The molecular weight excluding hydrogens is 398 g/mol. The highest BCUT2D eigenvalue weighted by molar-refractivity contribution is 6.31. The van der Waals surface area contributed by atoms with Gasteiger partial charge in [0, 0.05) is 11.6 Å². The zero-order chi connectivity index (χ0) is 21.3. The fraction of sp³-hybridized carbons (Fsp3) is 0.381. The summed E-state index contributed by atoms with van der Waals surface area (Å²) in [5, 5.41) is 0.367. The Morgan fingerprint density at radius 1 is 1.24 bits per heavy atom. The van der Waals surface area contributed by atoms with Gasteiger partial charge in [0.25, 0.3) is 0 Å². The van der Waals surface area contributed by atoms with Crippen LogP contribution in [-0.2, 0) is 23.8 Å². The van der Waals surface area contributed by atoms with E-state index in [0.717, 1.165) is 0 Å². The molecule has 0 saturated carbocycles. The van der Waals surface area contributed by atoms with Crippen LogP contribution in [0.3, 0.4) is 0 Å². The highest BCUT2D eigenvalue weighted by Crippen LogP contribution is 2.47. The molecule has 1 unspecified atom stereocenters. The highest BCUT2D eigenvalue weighted by atomic mass is 35.5. The van der Waals surface area contributed by atoms with Crippen LogP contribution in [0.2, 0.25) is 5.02 Å². The number of ether oxygens (including phenoxy) is 3. The molecule has 0 amide bonds. The Labute approximate surface area is 173 Å². The van der Waals surface area contributed by atoms with Crippen molar-refractivity contribution in [3.8, 4) is 0 Å². The van der Waals surface area contributed by atoms with Gasteiger partial charge >= 0.3 is 18.1 Å². The van der Waals surface area contributed by atoms with Gasteiger partial charge < -0.3 is 19.1 Å². The molecule has 1 atom stereocenters. The third kappa shape index (κ3) is 3.87. The second-order valence-corrected chi connectivity index (χ2v) is 7.42. The number of hydrogen-bond donors (Lipinski definition) is 0. The van der Waals surface area contributed by atoms with Crippen LogP contribution in [0.25, 0.3) is 0 Å². The van der Waals surface area contributed by atoms with E-state index in [1.807, 2.05) is 6.92 Å². The molecule has 0 bridgehead atoms. The van der Waals surface area contributed by atoms with Gasteiger partial charge in [0.2, 0.25) is 0 Å². The average Bonchev–Trinajstić information content (AvgIpc) is 2.93. The van der Waals surface area contributed by atoms with Gasteiger partial charge in [-0.1, -0.05) is 36.7 Å². The number of carbonyl (C=O) groups is 3. The van der Waals surface area contributed by atoms with Gasteiger partial charge in [0.1, 0.15) is 11.5 Å². The maximum Gasteiger partial charge on any atom is 0.513 e. The largest absolute Gasteiger partial charge is 0.513 e. The van der Waals surface area contributed by atoms with Crippen molar-refractivity contribution in [1.82, 2.24) is 4.90 Å². The monoisotopic (exact) mass is 419 g/mol. The Hall–Kier alpha value is -2.80. The summed E-state index contributed by atoms with van der Waals surface area (Å²) >= 11 is 6.40. The first-order valence-corrected chi connectivity index (χ1v) is 9.75. The van der Waals surface area contributed by atoms with Crippen LogP contribution in [-0.4, -0.2) is 35.6 Å². The Balaban J connectivity index is 2.19. The molecule has 7 nitrogen and oxygen atoms in total. The van der Waals surface area contributed by atoms with E-state index in [1.165, 1.54) is 0 Å². The van der Waals surface area contributed by atoms with E-state index in [9.17, 15) is 14.4 Å². The zero-order valence-corrected chi connectivity index (χ0v) is 17.4. The van der Waals surface area contributed by atoms with E-state index in [0.29, 0.717) is 29.2 Å². The van der Waals surface area contributed by atoms with Gasteiger partial charge in [-0.3, -0.25) is 0 Å². The van der Waals surface area contributed by atoms with Crippen molar-refractivity contribution in [2.45, 2.75) is 46.1 Å². The second-order valence-electron chi connectivity index (χ2n) is 7.01. The summed E-state index contributed by atoms with van der Waals surface area (Å²) < 4.78 is 15.6. The summed E-state index contributed by atoms with van der Waals surface area (Å²) in [6, 6.07) is 6.88. The van der Waals surface area contributed by atoms with E-state index in [4.69, 9.17) is 25.8 Å². The van der Waals surface area contributed by atoms with Crippen LogP contribution in [0.5, 0.6) is 0 Å². The number of rotatable bonds is 5. The lowest BCUT2D eigenvalue weighted by Crippen LogP contribution is -2.34. The quantitative estimate of drug-likeness (QED) is 0.520. The summed E-state index contributed by atoms with van der Waals surface area (Å²) in [5.41, 5.74) is 1.30. The van der Waals surface area contributed by atoms with Crippen molar-refractivity contribution < 1.29 is 28.6 Å². The number of carbonyl (C=O) groups excluding carboxylic acids is 3. The van der Waals surface area contributed by atoms with Crippen LogP contribution < -0.4 is 0 Å². The summed E-state index contributed by atoms with van der Waals surface area (Å²) in [7, 11) is 0. The minimum atomic E-state index is -0.899. The topological polar surface area (TPSA) is 82.1 Å². The zero-order valence-electron chi connectivity index (χ0n) is 16.7. The molecule has 2 aliphatic rings. The smallest absolute Gasteiger partial charge is 0.431 e. The third-order valence-corrected chi connectivity index (χ3v) is 4.97. The maximum atomic E-state index is 12.6. The van der Waals surface area contributed by atoms with E-state index < -0.39 is 24.0 Å². The van der Waals surface area contributed by atoms with E-state index >= 15 is 0 Å². The number of cyclic esters (lactones) is 2. The van der Waals surface area contributed by atoms with Crippen LogP contribution in [0.1, 0.15) is 45.6 Å². The second kappa shape index (κ2) is 8.29. The highest BCUT2D eigenvalue weighted by Gasteiger charge is 2.48. The molecule has 0 aliphatic carbocycles. The number of benzene rings is 1. The SMILES string of the molecule is CCCN1C(C)=C(OC(=O)OC(C)C)C(c2ccccc2Cl)C2=C1C(=O)OC2=O. The van der Waals surface area contributed by atoms with Crippen molar-refractivity contribution in [2.24, 2.45) is 0 Å². The molecule has 0 N–H and O–H groups in total. The average molecular weight is 420 g/mol. The molecule has 0 fully saturated rings. The fourth-order valence-corrected chi connectivity index (χ4v) is 3.74. The number of esters is 2. The molecule has 0 spiro atoms. The van der Waals surface area contributed by atoms with Gasteiger partial charge in [-0.05, 0) is 38.8 Å². The van der Waals surface area contributed by atoms with E-state index in [2.05, 4.69) is 0 Å². The van der Waals surface area contributed by atoms with Crippen LogP contribution in [0.4, 0.5) is 4.79 Å². The molecule has 1 aromatic rings. The number of hydrogen-bond acceptors (Lipinski definition) is 7. The number of nitrogens with zero attached hydrogens (tertiary/aromatic N) is 1. The van der Waals surface area contributed by atoms with Crippen molar-refractivity contribution >= 4 is 29.7 Å². The standard InChI is InChI=1S/C21H22ClNO6/c1-5-10-23-12(4)18(28-21(26)27-11(2)3)15(13-8-6-7-9-14(13)22)16-17(23)20(25)29-19(16)24/h6-9,11,15H,5,10H2,1-4H3. The Morgan fingerprint density at radius 2 is 1.93 bits per heavy atom. The first kappa shape index (κ1) is 20.9. The molecule has 8 heteroatoms. The normalized spacial score (nSPS) is 19.0. The van der Waals surface area contributed by atoms with Crippen molar-refractivity contribution in [3.05, 3.63) is 57.6 Å². The van der Waals surface area contributed by atoms with Crippen molar-refractivity contribution in [2.75, 3.05) is 6.54 Å².